The Labute approximate surface area is 120 Å². The molecule has 0 heterocycles. The lowest BCUT2D eigenvalue weighted by Crippen LogP contribution is -2.15. The highest BCUT2D eigenvalue weighted by Gasteiger charge is 2.10. The van der Waals surface area contributed by atoms with Crippen molar-refractivity contribution >= 4 is 17.4 Å². The fraction of sp³-hybridized carbons (Fsp3) is 0.0667. The second-order valence-corrected chi connectivity index (χ2v) is 4.50. The summed E-state index contributed by atoms with van der Waals surface area (Å²) in [5, 5.41) is 13.9. The number of nitrogens with two attached hydrogens (primary N) is 1. The summed E-state index contributed by atoms with van der Waals surface area (Å²) in [6, 6.07) is 10.7. The van der Waals surface area contributed by atoms with Gasteiger partial charge in [0.2, 0.25) is 0 Å². The van der Waals surface area contributed by atoms with E-state index in [2.05, 4.69) is 10.5 Å². The third-order valence-electron chi connectivity index (χ3n) is 2.92. The summed E-state index contributed by atoms with van der Waals surface area (Å²) >= 11 is 0. The third-order valence-corrected chi connectivity index (χ3v) is 2.92. The van der Waals surface area contributed by atoms with Crippen LogP contribution in [0.4, 0.5) is 10.1 Å². The van der Waals surface area contributed by atoms with Crippen LogP contribution in [0, 0.1) is 12.7 Å². The van der Waals surface area contributed by atoms with Gasteiger partial charge in [-0.2, -0.15) is 0 Å². The van der Waals surface area contributed by atoms with E-state index in [0.717, 1.165) is 5.56 Å². The van der Waals surface area contributed by atoms with E-state index in [9.17, 15) is 9.18 Å². The molecular weight excluding hydrogens is 273 g/mol. The molecule has 0 atom stereocenters. The number of hydrogen-bond acceptors (Lipinski definition) is 3. The molecule has 2 aromatic rings. The zero-order valence-electron chi connectivity index (χ0n) is 11.3. The normalized spacial score (nSPS) is 11.2. The molecule has 0 saturated heterocycles. The number of aryl methyl sites for hydroxylation is 1. The Kier molecular flexibility index (Phi) is 4.18. The van der Waals surface area contributed by atoms with Gasteiger partial charge in [-0.1, -0.05) is 23.4 Å². The number of carbonyl (C=O) groups is 1. The highest BCUT2D eigenvalue weighted by atomic mass is 19.1. The number of nitrogens with one attached hydrogen (secondary N) is 1. The van der Waals surface area contributed by atoms with Gasteiger partial charge in [-0.25, -0.2) is 4.39 Å². The number of amidine groups is 1. The highest BCUT2D eigenvalue weighted by molar-refractivity contribution is 6.05. The van der Waals surface area contributed by atoms with Gasteiger partial charge in [-0.15, -0.1) is 0 Å². The summed E-state index contributed by atoms with van der Waals surface area (Å²) in [5.41, 5.74) is 7.14. The number of oxime groups is 1. The Balaban J connectivity index is 2.17. The fourth-order valence-electron chi connectivity index (χ4n) is 1.77. The van der Waals surface area contributed by atoms with Crippen molar-refractivity contribution in [1.29, 1.82) is 0 Å². The molecule has 1 amide bonds. The van der Waals surface area contributed by atoms with Gasteiger partial charge in [0.1, 0.15) is 5.82 Å². The largest absolute Gasteiger partial charge is 0.409 e. The minimum Gasteiger partial charge on any atom is -0.409 e. The van der Waals surface area contributed by atoms with E-state index < -0.39 is 11.7 Å². The van der Waals surface area contributed by atoms with Crippen molar-refractivity contribution in [3.63, 3.8) is 0 Å². The highest BCUT2D eigenvalue weighted by Crippen LogP contribution is 2.16. The van der Waals surface area contributed by atoms with Crippen molar-refractivity contribution in [2.75, 3.05) is 5.32 Å². The molecule has 21 heavy (non-hydrogen) atoms. The molecule has 6 heteroatoms. The Morgan fingerprint density at radius 2 is 1.81 bits per heavy atom. The first kappa shape index (κ1) is 14.5. The van der Waals surface area contributed by atoms with Gasteiger partial charge in [0.15, 0.2) is 5.84 Å². The van der Waals surface area contributed by atoms with E-state index in [0.29, 0.717) is 11.1 Å². The summed E-state index contributed by atoms with van der Waals surface area (Å²) < 4.78 is 13.7. The van der Waals surface area contributed by atoms with Crippen molar-refractivity contribution in [3.05, 3.63) is 65.0 Å². The Hall–Kier alpha value is -2.89. The van der Waals surface area contributed by atoms with E-state index in [1.807, 2.05) is 0 Å². The van der Waals surface area contributed by atoms with Crippen LogP contribution < -0.4 is 11.1 Å². The van der Waals surface area contributed by atoms with Crippen LogP contribution in [0.15, 0.2) is 47.6 Å². The first-order valence-corrected chi connectivity index (χ1v) is 6.16. The molecule has 0 unspecified atom stereocenters. The average Bonchev–Trinajstić information content (AvgIpc) is 2.49. The molecule has 0 bridgehead atoms. The molecule has 0 saturated carbocycles. The predicted molar refractivity (Wildman–Crippen MR) is 78.0 cm³/mol. The monoisotopic (exact) mass is 287 g/mol. The molecule has 0 fully saturated rings. The van der Waals surface area contributed by atoms with Crippen LogP contribution in [-0.4, -0.2) is 17.0 Å². The third kappa shape index (κ3) is 3.36. The maximum atomic E-state index is 13.7. The van der Waals surface area contributed by atoms with Gasteiger partial charge in [-0.3, -0.25) is 4.79 Å². The molecule has 5 nitrogen and oxygen atoms in total. The molecule has 0 aliphatic heterocycles. The van der Waals surface area contributed by atoms with Crippen LogP contribution in [0.5, 0.6) is 0 Å². The molecule has 2 aromatic carbocycles. The van der Waals surface area contributed by atoms with Crippen molar-refractivity contribution in [1.82, 2.24) is 0 Å². The summed E-state index contributed by atoms with van der Waals surface area (Å²) in [6.45, 7) is 1.76. The van der Waals surface area contributed by atoms with Gasteiger partial charge in [0.05, 0.1) is 5.69 Å². The Bertz CT molecular complexity index is 697. The van der Waals surface area contributed by atoms with Crippen LogP contribution in [0.3, 0.4) is 0 Å². The number of carbonyl (C=O) groups excluding carboxylic acids is 1. The second-order valence-electron chi connectivity index (χ2n) is 4.50. The zero-order chi connectivity index (χ0) is 15.4. The standard InChI is InChI=1S/C15H14FN3O2/c1-9-2-7-13(12(16)8-9)18-15(20)11-5-3-10(4-6-11)14(17)19-21/h2-8,21H,1H3,(H2,17,19)(H,18,20). The fourth-order valence-corrected chi connectivity index (χ4v) is 1.77. The Morgan fingerprint density at radius 3 is 2.38 bits per heavy atom. The lowest BCUT2D eigenvalue weighted by Gasteiger charge is -2.07. The maximum Gasteiger partial charge on any atom is 0.255 e. The Morgan fingerprint density at radius 1 is 1.19 bits per heavy atom. The molecule has 4 N–H and O–H groups in total. The number of nitrogens with zero attached hydrogens (tertiary/aromatic N) is 1. The average molecular weight is 287 g/mol. The van der Waals surface area contributed by atoms with Crippen LogP contribution in [-0.2, 0) is 0 Å². The first-order chi connectivity index (χ1) is 10.0. The summed E-state index contributed by atoms with van der Waals surface area (Å²) in [4.78, 5) is 12.0. The summed E-state index contributed by atoms with van der Waals surface area (Å²) in [7, 11) is 0. The predicted octanol–water partition coefficient (Wildman–Crippen LogP) is 2.48. The SMILES string of the molecule is Cc1ccc(NC(=O)c2ccc(/C(N)=N/O)cc2)c(F)c1. The maximum absolute atomic E-state index is 13.7. The van der Waals surface area contributed by atoms with E-state index in [4.69, 9.17) is 10.9 Å². The minimum absolute atomic E-state index is 0.0495. The molecule has 0 radical (unpaired) electrons. The molecule has 0 spiro atoms. The van der Waals surface area contributed by atoms with Crippen LogP contribution in [0.1, 0.15) is 21.5 Å². The topological polar surface area (TPSA) is 87.7 Å². The number of hydrogen-bond donors (Lipinski definition) is 3. The number of benzene rings is 2. The summed E-state index contributed by atoms with van der Waals surface area (Å²) in [5.74, 6) is -0.980. The molecule has 0 aliphatic carbocycles. The number of rotatable bonds is 3. The van der Waals surface area contributed by atoms with Gasteiger partial charge in [-0.05, 0) is 36.8 Å². The van der Waals surface area contributed by atoms with Crippen molar-refractivity contribution < 1.29 is 14.4 Å². The van der Waals surface area contributed by atoms with E-state index >= 15 is 0 Å². The molecule has 0 aromatic heterocycles. The van der Waals surface area contributed by atoms with Crippen LogP contribution in [0.25, 0.3) is 0 Å². The van der Waals surface area contributed by atoms with Crippen molar-refractivity contribution in [2.24, 2.45) is 10.9 Å². The van der Waals surface area contributed by atoms with Crippen LogP contribution in [0.2, 0.25) is 0 Å². The van der Waals surface area contributed by atoms with E-state index in [1.165, 1.54) is 36.4 Å². The minimum atomic E-state index is -0.489. The van der Waals surface area contributed by atoms with Gasteiger partial charge in [0.25, 0.3) is 5.91 Å². The quantitative estimate of drug-likeness (QED) is 0.351. The van der Waals surface area contributed by atoms with Gasteiger partial charge >= 0.3 is 0 Å². The summed E-state index contributed by atoms with van der Waals surface area (Å²) in [6.07, 6.45) is 0. The van der Waals surface area contributed by atoms with E-state index in [-0.39, 0.29) is 11.5 Å². The first-order valence-electron chi connectivity index (χ1n) is 6.16. The van der Waals surface area contributed by atoms with Gasteiger partial charge in [0, 0.05) is 11.1 Å². The van der Waals surface area contributed by atoms with Crippen LogP contribution >= 0.6 is 0 Å². The second kappa shape index (κ2) is 6.04. The number of anilines is 1. The zero-order valence-corrected chi connectivity index (χ0v) is 11.3. The molecular formula is C15H14FN3O2. The van der Waals surface area contributed by atoms with Gasteiger partial charge < -0.3 is 16.3 Å². The number of amides is 1. The molecule has 0 aliphatic rings. The van der Waals surface area contributed by atoms with Crippen molar-refractivity contribution in [2.45, 2.75) is 6.92 Å². The lowest BCUT2D eigenvalue weighted by atomic mass is 10.1. The van der Waals surface area contributed by atoms with Crippen molar-refractivity contribution in [3.8, 4) is 0 Å². The van der Waals surface area contributed by atoms with E-state index in [1.54, 1.807) is 13.0 Å². The number of halogens is 1. The molecule has 108 valence electrons. The lowest BCUT2D eigenvalue weighted by molar-refractivity contribution is 0.102. The molecule has 2 rings (SSSR count). The smallest absolute Gasteiger partial charge is 0.255 e.